The summed E-state index contributed by atoms with van der Waals surface area (Å²) in [6.45, 7) is 2.07. The smallest absolute Gasteiger partial charge is 0.120 e. The predicted molar refractivity (Wildman–Crippen MR) is 126 cm³/mol. The summed E-state index contributed by atoms with van der Waals surface area (Å²) in [5.74, 6) is 0. The summed E-state index contributed by atoms with van der Waals surface area (Å²) in [7, 11) is 2.83. The molecule has 30 heavy (non-hydrogen) atoms. The summed E-state index contributed by atoms with van der Waals surface area (Å²) in [6.07, 6.45) is 1.89. The van der Waals surface area contributed by atoms with Gasteiger partial charge in [0, 0.05) is 11.1 Å². The van der Waals surface area contributed by atoms with Crippen LogP contribution in [0, 0.1) is 6.92 Å². The maximum atomic E-state index is 5.10. The molecule has 2 aromatic heterocycles. The Morgan fingerprint density at radius 2 is 1.27 bits per heavy atom. The third kappa shape index (κ3) is 3.16. The third-order valence-corrected chi connectivity index (χ3v) is 5.87. The molecule has 5 heteroatoms. The molecule has 1 atom stereocenters. The second-order valence-electron chi connectivity index (χ2n) is 7.15. The molecule has 0 radical (unpaired) electrons. The van der Waals surface area contributed by atoms with E-state index in [1.54, 1.807) is 0 Å². The van der Waals surface area contributed by atoms with Crippen LogP contribution < -0.4 is 5.44 Å². The largest absolute Gasteiger partial charge is 0.230 e. The molecule has 0 N–H and O–H groups in total. The van der Waals surface area contributed by atoms with Gasteiger partial charge in [-0.3, -0.25) is 0 Å². The molecule has 0 aliphatic heterocycles. The van der Waals surface area contributed by atoms with E-state index in [4.69, 9.17) is 10.2 Å². The van der Waals surface area contributed by atoms with E-state index in [-0.39, 0.29) is 0 Å². The molecule has 3 aromatic carbocycles. The zero-order chi connectivity index (χ0) is 20.5. The molecule has 1 unspecified atom stereocenters. The lowest BCUT2D eigenvalue weighted by Crippen LogP contribution is -2.12. The first kappa shape index (κ1) is 18.5. The van der Waals surface area contributed by atoms with Crippen molar-refractivity contribution in [2.24, 2.45) is 0 Å². The maximum Gasteiger partial charge on any atom is 0.120 e. The van der Waals surface area contributed by atoms with Crippen molar-refractivity contribution in [3.05, 3.63) is 103 Å². The molecule has 0 aliphatic carbocycles. The second-order valence-corrected chi connectivity index (χ2v) is 7.70. The van der Waals surface area contributed by atoms with Gasteiger partial charge in [0.25, 0.3) is 0 Å². The zero-order valence-electron chi connectivity index (χ0n) is 16.6. The molecule has 0 bridgehead atoms. The Kier molecular flexibility index (Phi) is 4.78. The van der Waals surface area contributed by atoms with Crippen molar-refractivity contribution in [3.8, 4) is 33.9 Å². The second kappa shape index (κ2) is 7.74. The number of nitrogens with zero attached hydrogens (tertiary/aromatic N) is 4. The van der Waals surface area contributed by atoms with Gasteiger partial charge in [-0.05, 0) is 24.6 Å². The van der Waals surface area contributed by atoms with Gasteiger partial charge in [0.05, 0.1) is 17.3 Å². The van der Waals surface area contributed by atoms with Crippen LogP contribution in [0.3, 0.4) is 0 Å². The average Bonchev–Trinajstić information content (AvgIpc) is 3.36. The Labute approximate surface area is 178 Å². The SMILES string of the molecule is Cc1cnn(-c2c(-c3ccccc3)nn(-c3ccccc3)c2-c2ccccc2)c1P. The van der Waals surface area contributed by atoms with Gasteiger partial charge in [0.15, 0.2) is 0 Å². The number of hydrogen-bond acceptors (Lipinski definition) is 2. The normalized spacial score (nSPS) is 11.0. The minimum atomic E-state index is 0.894. The lowest BCUT2D eigenvalue weighted by Gasteiger charge is -2.12. The molecule has 0 saturated carbocycles. The highest BCUT2D eigenvalue weighted by Crippen LogP contribution is 2.36. The van der Waals surface area contributed by atoms with Crippen LogP contribution in [-0.4, -0.2) is 19.6 Å². The highest BCUT2D eigenvalue weighted by molar-refractivity contribution is 7.27. The molecule has 5 aromatic rings. The van der Waals surface area contributed by atoms with Gasteiger partial charge in [0.1, 0.15) is 17.1 Å². The minimum absolute atomic E-state index is 0.894. The Hall–Kier alpha value is -3.49. The Bertz CT molecular complexity index is 1290. The molecule has 0 fully saturated rings. The first-order chi connectivity index (χ1) is 14.7. The van der Waals surface area contributed by atoms with Crippen LogP contribution in [0.15, 0.2) is 97.2 Å². The van der Waals surface area contributed by atoms with Crippen molar-refractivity contribution in [1.82, 2.24) is 19.6 Å². The van der Waals surface area contributed by atoms with Crippen molar-refractivity contribution in [3.63, 3.8) is 0 Å². The fourth-order valence-corrected chi connectivity index (χ4v) is 3.90. The van der Waals surface area contributed by atoms with E-state index in [0.717, 1.165) is 44.9 Å². The van der Waals surface area contributed by atoms with Crippen LogP contribution in [-0.2, 0) is 0 Å². The topological polar surface area (TPSA) is 35.6 Å². The average molecular weight is 408 g/mol. The molecular formula is C25H21N4P. The molecule has 0 saturated heterocycles. The van der Waals surface area contributed by atoms with E-state index in [1.807, 2.05) is 58.0 Å². The Morgan fingerprint density at radius 1 is 0.700 bits per heavy atom. The van der Waals surface area contributed by atoms with Gasteiger partial charge >= 0.3 is 0 Å². The van der Waals surface area contributed by atoms with Crippen LogP contribution in [0.5, 0.6) is 0 Å². The summed E-state index contributed by atoms with van der Waals surface area (Å²) in [6, 6.07) is 30.9. The van der Waals surface area contributed by atoms with Crippen LogP contribution in [0.4, 0.5) is 0 Å². The number of benzene rings is 3. The third-order valence-electron chi connectivity index (χ3n) is 5.17. The fraction of sp³-hybridized carbons (Fsp3) is 0.0400. The lowest BCUT2D eigenvalue weighted by molar-refractivity contribution is 0.886. The van der Waals surface area contributed by atoms with E-state index in [9.17, 15) is 0 Å². The van der Waals surface area contributed by atoms with Gasteiger partial charge in [-0.25, -0.2) is 9.36 Å². The molecule has 5 rings (SSSR count). The molecule has 0 spiro atoms. The number of para-hydroxylation sites is 1. The summed E-state index contributed by atoms with van der Waals surface area (Å²) >= 11 is 0. The van der Waals surface area contributed by atoms with Gasteiger partial charge in [-0.2, -0.15) is 10.2 Å². The molecule has 0 amide bonds. The zero-order valence-corrected chi connectivity index (χ0v) is 17.8. The Balaban J connectivity index is 1.91. The van der Waals surface area contributed by atoms with E-state index in [2.05, 4.69) is 64.7 Å². The minimum Gasteiger partial charge on any atom is -0.230 e. The maximum absolute atomic E-state index is 5.10. The first-order valence-corrected chi connectivity index (χ1v) is 10.4. The van der Waals surface area contributed by atoms with Crippen LogP contribution in [0.25, 0.3) is 33.9 Å². The fourth-order valence-electron chi connectivity index (χ4n) is 3.63. The molecular weight excluding hydrogens is 387 g/mol. The summed E-state index contributed by atoms with van der Waals surface area (Å²) < 4.78 is 4.01. The van der Waals surface area contributed by atoms with Crippen LogP contribution in [0.1, 0.15) is 5.56 Å². The van der Waals surface area contributed by atoms with Crippen molar-refractivity contribution in [2.75, 3.05) is 0 Å². The standard InChI is InChI=1S/C25H21N4P/c1-18-17-26-29(25(18)30)24-22(19-11-5-2-6-12-19)27-28(21-15-9-4-10-16-21)23(24)20-13-7-3-8-14-20/h2-17H,30H2,1H3. The summed E-state index contributed by atoms with van der Waals surface area (Å²) in [5, 5.41) is 9.81. The van der Waals surface area contributed by atoms with Crippen LogP contribution in [0.2, 0.25) is 0 Å². The van der Waals surface area contributed by atoms with E-state index < -0.39 is 0 Å². The van der Waals surface area contributed by atoms with Crippen molar-refractivity contribution < 1.29 is 0 Å². The summed E-state index contributed by atoms with van der Waals surface area (Å²) in [5.41, 5.74) is 8.16. The van der Waals surface area contributed by atoms with E-state index in [1.165, 1.54) is 0 Å². The highest BCUT2D eigenvalue weighted by Gasteiger charge is 2.24. The predicted octanol–water partition coefficient (Wildman–Crippen LogP) is 5.20. The summed E-state index contributed by atoms with van der Waals surface area (Å²) in [4.78, 5) is 0. The molecule has 146 valence electrons. The monoisotopic (exact) mass is 408 g/mol. The van der Waals surface area contributed by atoms with Gasteiger partial charge < -0.3 is 0 Å². The first-order valence-electron chi connectivity index (χ1n) is 9.84. The van der Waals surface area contributed by atoms with Crippen molar-refractivity contribution in [1.29, 1.82) is 0 Å². The van der Waals surface area contributed by atoms with Crippen molar-refractivity contribution in [2.45, 2.75) is 6.92 Å². The molecule has 2 heterocycles. The van der Waals surface area contributed by atoms with Crippen LogP contribution >= 0.6 is 9.24 Å². The van der Waals surface area contributed by atoms with Gasteiger partial charge in [-0.1, -0.05) is 88.1 Å². The van der Waals surface area contributed by atoms with E-state index >= 15 is 0 Å². The Morgan fingerprint density at radius 3 is 1.83 bits per heavy atom. The van der Waals surface area contributed by atoms with Crippen molar-refractivity contribution >= 4 is 14.7 Å². The quantitative estimate of drug-likeness (QED) is 0.383. The molecule has 0 aliphatic rings. The lowest BCUT2D eigenvalue weighted by atomic mass is 10.1. The molecule has 4 nitrogen and oxygen atoms in total. The van der Waals surface area contributed by atoms with E-state index in [0.29, 0.717) is 0 Å². The number of hydrogen-bond donors (Lipinski definition) is 0. The highest BCUT2D eigenvalue weighted by atomic mass is 31.0. The number of rotatable bonds is 4. The number of aromatic nitrogens is 4. The van der Waals surface area contributed by atoms with Gasteiger partial charge in [0.2, 0.25) is 0 Å². The van der Waals surface area contributed by atoms with Gasteiger partial charge in [-0.15, -0.1) is 0 Å². The number of aryl methyl sites for hydroxylation is 1.